The van der Waals surface area contributed by atoms with Crippen LogP contribution in [0.2, 0.25) is 0 Å². The molecular weight excluding hydrogens is 410 g/mol. The molecule has 0 aliphatic rings. The van der Waals surface area contributed by atoms with Crippen LogP contribution in [0.3, 0.4) is 0 Å². The smallest absolute Gasteiger partial charge is 0.257 e. The van der Waals surface area contributed by atoms with Crippen molar-refractivity contribution >= 4 is 27.3 Å². The number of rotatable bonds is 10. The Kier molecular flexibility index (Phi) is 8.48. The van der Waals surface area contributed by atoms with Crippen LogP contribution in [-0.4, -0.2) is 46.7 Å². The lowest BCUT2D eigenvalue weighted by Gasteiger charge is -2.11. The molecule has 0 bridgehead atoms. The lowest BCUT2D eigenvalue weighted by atomic mass is 10.3. The molecule has 2 amide bonds. The minimum atomic E-state index is -3.25. The van der Waals surface area contributed by atoms with Crippen LogP contribution in [0.4, 0.5) is 5.69 Å². The highest BCUT2D eigenvalue weighted by Crippen LogP contribution is 2.22. The van der Waals surface area contributed by atoms with E-state index in [1.165, 1.54) is 19.2 Å². The molecule has 2 aromatic rings. The largest absolute Gasteiger partial charge is 0.495 e. The van der Waals surface area contributed by atoms with Crippen molar-refractivity contribution < 1.29 is 27.5 Å². The zero-order valence-electron chi connectivity index (χ0n) is 16.8. The fourth-order valence-corrected chi connectivity index (χ4v) is 3.05. The predicted molar refractivity (Wildman–Crippen MR) is 112 cm³/mol. The van der Waals surface area contributed by atoms with E-state index in [9.17, 15) is 18.0 Å². The van der Waals surface area contributed by atoms with Gasteiger partial charge in [0.05, 0.1) is 30.8 Å². The molecule has 162 valence electrons. The van der Waals surface area contributed by atoms with Gasteiger partial charge in [-0.05, 0) is 42.8 Å². The van der Waals surface area contributed by atoms with Gasteiger partial charge in [0.1, 0.15) is 11.5 Å². The van der Waals surface area contributed by atoms with E-state index in [-0.39, 0.29) is 30.4 Å². The molecule has 0 fully saturated rings. The maximum Gasteiger partial charge on any atom is 0.257 e. The minimum absolute atomic E-state index is 0.0345. The molecule has 0 spiro atoms. The third-order valence-corrected chi connectivity index (χ3v) is 5.08. The fourth-order valence-electron chi connectivity index (χ4n) is 2.42. The molecule has 0 unspecified atom stereocenters. The van der Waals surface area contributed by atoms with E-state index < -0.39 is 15.7 Å². The third-order valence-electron chi connectivity index (χ3n) is 3.96. The highest BCUT2D eigenvalue weighted by molar-refractivity contribution is 7.90. The molecule has 0 aromatic heterocycles. The maximum absolute atomic E-state index is 11.8. The van der Waals surface area contributed by atoms with E-state index in [2.05, 4.69) is 16.2 Å². The Balaban J connectivity index is 1.62. The standard InChI is InChI=1S/C20H25N3O6S/c1-28-18-7-4-3-6-17(18)21-14-20(25)23-22-19(24)8-5-13-29-15-9-11-16(12-10-15)30(2,26)27/h3-4,6-7,9-12,21H,5,8,13-14H2,1-2H3,(H,22,24)(H,23,25). The lowest BCUT2D eigenvalue weighted by Crippen LogP contribution is -2.44. The Morgan fingerprint density at radius 2 is 1.63 bits per heavy atom. The normalized spacial score (nSPS) is 10.7. The molecule has 30 heavy (non-hydrogen) atoms. The molecule has 0 atom stereocenters. The highest BCUT2D eigenvalue weighted by Gasteiger charge is 2.08. The summed E-state index contributed by atoms with van der Waals surface area (Å²) in [7, 11) is -1.71. The average molecular weight is 436 g/mol. The monoisotopic (exact) mass is 435 g/mol. The van der Waals surface area contributed by atoms with E-state index in [0.29, 0.717) is 23.6 Å². The number of para-hydroxylation sites is 2. The summed E-state index contributed by atoms with van der Waals surface area (Å²) in [6.07, 6.45) is 1.71. The van der Waals surface area contributed by atoms with Gasteiger partial charge in [0.25, 0.3) is 5.91 Å². The Morgan fingerprint density at radius 3 is 2.30 bits per heavy atom. The average Bonchev–Trinajstić information content (AvgIpc) is 2.73. The molecule has 2 aromatic carbocycles. The topological polar surface area (TPSA) is 123 Å². The van der Waals surface area contributed by atoms with Gasteiger partial charge in [0, 0.05) is 12.7 Å². The quantitative estimate of drug-likeness (QED) is 0.382. The van der Waals surface area contributed by atoms with Gasteiger partial charge >= 0.3 is 0 Å². The number of sulfone groups is 1. The first-order chi connectivity index (χ1) is 14.3. The van der Waals surface area contributed by atoms with E-state index in [1.807, 2.05) is 12.1 Å². The van der Waals surface area contributed by atoms with Gasteiger partial charge in [0.15, 0.2) is 9.84 Å². The molecule has 0 aliphatic carbocycles. The molecule has 3 N–H and O–H groups in total. The fraction of sp³-hybridized carbons (Fsp3) is 0.300. The Labute approximate surface area is 175 Å². The molecule has 0 radical (unpaired) electrons. The zero-order chi connectivity index (χ0) is 22.0. The molecule has 2 rings (SSSR count). The van der Waals surface area contributed by atoms with Crippen molar-refractivity contribution in [2.75, 3.05) is 31.8 Å². The van der Waals surface area contributed by atoms with Crippen LogP contribution in [0.15, 0.2) is 53.4 Å². The number of amides is 2. The van der Waals surface area contributed by atoms with Gasteiger partial charge in [0.2, 0.25) is 5.91 Å². The van der Waals surface area contributed by atoms with Crippen molar-refractivity contribution in [1.82, 2.24) is 10.9 Å². The number of benzene rings is 2. The second-order valence-electron chi connectivity index (χ2n) is 6.35. The Hall–Kier alpha value is -3.27. The van der Waals surface area contributed by atoms with Crippen LogP contribution in [0.5, 0.6) is 11.5 Å². The van der Waals surface area contributed by atoms with Crippen LogP contribution >= 0.6 is 0 Å². The van der Waals surface area contributed by atoms with E-state index in [1.54, 1.807) is 24.3 Å². The molecule has 0 heterocycles. The van der Waals surface area contributed by atoms with Crippen molar-refractivity contribution in [2.45, 2.75) is 17.7 Å². The summed E-state index contributed by atoms with van der Waals surface area (Å²) in [6, 6.07) is 13.2. The molecule has 0 saturated heterocycles. The van der Waals surface area contributed by atoms with Gasteiger partial charge in [-0.25, -0.2) is 8.42 Å². The van der Waals surface area contributed by atoms with E-state index in [0.717, 1.165) is 6.26 Å². The molecule has 0 saturated carbocycles. The minimum Gasteiger partial charge on any atom is -0.495 e. The van der Waals surface area contributed by atoms with E-state index >= 15 is 0 Å². The number of hydrogen-bond donors (Lipinski definition) is 3. The predicted octanol–water partition coefficient (Wildman–Crippen LogP) is 1.52. The number of carbonyl (C=O) groups excluding carboxylic acids is 2. The third kappa shape index (κ3) is 7.63. The number of anilines is 1. The summed E-state index contributed by atoms with van der Waals surface area (Å²) in [6.45, 7) is 0.238. The summed E-state index contributed by atoms with van der Waals surface area (Å²) in [4.78, 5) is 23.8. The SMILES string of the molecule is COc1ccccc1NCC(=O)NNC(=O)CCCOc1ccc(S(C)(=O)=O)cc1. The molecule has 10 heteroatoms. The van der Waals surface area contributed by atoms with Gasteiger partial charge in [-0.2, -0.15) is 0 Å². The number of carbonyl (C=O) groups is 2. The van der Waals surface area contributed by atoms with Crippen LogP contribution < -0.4 is 25.6 Å². The van der Waals surface area contributed by atoms with Crippen molar-refractivity contribution in [3.8, 4) is 11.5 Å². The lowest BCUT2D eigenvalue weighted by molar-refractivity contribution is -0.128. The summed E-state index contributed by atoms with van der Waals surface area (Å²) in [5.74, 6) is 0.368. The highest BCUT2D eigenvalue weighted by atomic mass is 32.2. The van der Waals surface area contributed by atoms with Gasteiger partial charge in [-0.15, -0.1) is 0 Å². The van der Waals surface area contributed by atoms with E-state index in [4.69, 9.17) is 9.47 Å². The second kappa shape index (κ2) is 11.1. The first-order valence-electron chi connectivity index (χ1n) is 9.17. The summed E-state index contributed by atoms with van der Waals surface area (Å²) < 4.78 is 33.5. The van der Waals surface area contributed by atoms with Crippen molar-refractivity contribution in [1.29, 1.82) is 0 Å². The molecule has 0 aliphatic heterocycles. The molecular formula is C20H25N3O6S. The van der Waals surface area contributed by atoms with Gasteiger partial charge in [-0.1, -0.05) is 12.1 Å². The number of hydrogen-bond acceptors (Lipinski definition) is 7. The first-order valence-corrected chi connectivity index (χ1v) is 11.1. The van der Waals surface area contributed by atoms with Crippen molar-refractivity contribution in [3.05, 3.63) is 48.5 Å². The number of nitrogens with one attached hydrogen (secondary N) is 3. The van der Waals surface area contributed by atoms with Crippen LogP contribution in [0.25, 0.3) is 0 Å². The van der Waals surface area contributed by atoms with Crippen molar-refractivity contribution in [2.24, 2.45) is 0 Å². The van der Waals surface area contributed by atoms with Gasteiger partial charge < -0.3 is 14.8 Å². The van der Waals surface area contributed by atoms with Gasteiger partial charge in [-0.3, -0.25) is 20.4 Å². The Bertz CT molecular complexity index is 961. The second-order valence-corrected chi connectivity index (χ2v) is 8.36. The zero-order valence-corrected chi connectivity index (χ0v) is 17.6. The molecule has 9 nitrogen and oxygen atoms in total. The van der Waals surface area contributed by atoms with Crippen LogP contribution in [-0.2, 0) is 19.4 Å². The number of ether oxygens (including phenoxy) is 2. The summed E-state index contributed by atoms with van der Waals surface area (Å²) in [5, 5.41) is 2.93. The van der Waals surface area contributed by atoms with Crippen LogP contribution in [0, 0.1) is 0 Å². The Morgan fingerprint density at radius 1 is 0.967 bits per heavy atom. The first kappa shape index (κ1) is 23.0. The number of hydrazine groups is 1. The maximum atomic E-state index is 11.8. The number of methoxy groups -OCH3 is 1. The summed E-state index contributed by atoms with van der Waals surface area (Å²) in [5.41, 5.74) is 5.34. The van der Waals surface area contributed by atoms with Crippen LogP contribution in [0.1, 0.15) is 12.8 Å². The van der Waals surface area contributed by atoms with Crippen molar-refractivity contribution in [3.63, 3.8) is 0 Å². The summed E-state index contributed by atoms with van der Waals surface area (Å²) >= 11 is 0.